The Morgan fingerprint density at radius 3 is 2.62 bits per heavy atom. The van der Waals surface area contributed by atoms with Crippen molar-refractivity contribution >= 4 is 50.7 Å². The Hall–Kier alpha value is -2.05. The molecule has 1 aliphatic heterocycles. The predicted molar refractivity (Wildman–Crippen MR) is 106 cm³/mol. The van der Waals surface area contributed by atoms with Gasteiger partial charge >= 0.3 is 0 Å². The van der Waals surface area contributed by atoms with Crippen molar-refractivity contribution in [3.8, 4) is 5.75 Å². The fraction of sp³-hybridized carbons (Fsp3) is 0.263. The maximum Gasteiger partial charge on any atom is 0.270 e. The molecular weight excluding hydrogens is 420 g/mol. The van der Waals surface area contributed by atoms with Crippen LogP contribution in [0.2, 0.25) is 5.02 Å². The third-order valence-electron chi connectivity index (χ3n) is 4.03. The summed E-state index contributed by atoms with van der Waals surface area (Å²) in [5.74, 6) is 0.198. The molecule has 2 amide bonds. The third kappa shape index (κ3) is 4.02. The van der Waals surface area contributed by atoms with Gasteiger partial charge in [-0.15, -0.1) is 0 Å². The monoisotopic (exact) mass is 436 g/mol. The van der Waals surface area contributed by atoms with E-state index in [9.17, 15) is 9.59 Å². The first-order valence-corrected chi connectivity index (χ1v) is 9.29. The van der Waals surface area contributed by atoms with Crippen LogP contribution in [0, 0.1) is 0 Å². The van der Waals surface area contributed by atoms with Gasteiger partial charge in [0, 0.05) is 28.1 Å². The lowest BCUT2D eigenvalue weighted by Gasteiger charge is -2.38. The topological polar surface area (TPSA) is 58.6 Å². The average Bonchev–Trinajstić information content (AvgIpc) is 2.58. The number of benzene rings is 2. The molecule has 0 radical (unpaired) electrons. The Kier molecular flexibility index (Phi) is 5.25. The summed E-state index contributed by atoms with van der Waals surface area (Å²) in [6, 6.07) is 12.4. The number of amides is 2. The lowest BCUT2D eigenvalue weighted by atomic mass is 10.0. The summed E-state index contributed by atoms with van der Waals surface area (Å²) in [7, 11) is 0. The second kappa shape index (κ2) is 7.29. The fourth-order valence-electron chi connectivity index (χ4n) is 2.73. The molecule has 1 aliphatic rings. The molecule has 2 aromatic carbocycles. The van der Waals surface area contributed by atoms with E-state index in [0.29, 0.717) is 22.1 Å². The molecule has 0 saturated carbocycles. The highest BCUT2D eigenvalue weighted by atomic mass is 79.9. The fourth-order valence-corrected chi connectivity index (χ4v) is 3.16. The summed E-state index contributed by atoms with van der Waals surface area (Å²) < 4.78 is 6.71. The zero-order valence-corrected chi connectivity index (χ0v) is 16.7. The van der Waals surface area contributed by atoms with Crippen LogP contribution in [0.5, 0.6) is 5.75 Å². The summed E-state index contributed by atoms with van der Waals surface area (Å²) in [4.78, 5) is 26.6. The smallest absolute Gasteiger partial charge is 0.270 e. The standard InChI is InChI=1S/C19H18BrClN2O3/c1-19(2)18(25)23(15-11-13(21)5-8-16(15)26-19)10-9-17(24)22-14-6-3-12(20)4-7-14/h3-8,11H,9-10H2,1-2H3,(H,22,24). The van der Waals surface area contributed by atoms with Crippen LogP contribution in [-0.2, 0) is 9.59 Å². The van der Waals surface area contributed by atoms with Crippen molar-refractivity contribution in [3.05, 3.63) is 52.0 Å². The molecule has 0 saturated heterocycles. The number of rotatable bonds is 4. The highest BCUT2D eigenvalue weighted by molar-refractivity contribution is 9.10. The number of hydrogen-bond donors (Lipinski definition) is 1. The van der Waals surface area contributed by atoms with E-state index in [1.165, 1.54) is 0 Å². The van der Waals surface area contributed by atoms with Crippen molar-refractivity contribution < 1.29 is 14.3 Å². The quantitative estimate of drug-likeness (QED) is 0.758. The van der Waals surface area contributed by atoms with Crippen LogP contribution in [0.1, 0.15) is 20.3 Å². The summed E-state index contributed by atoms with van der Waals surface area (Å²) in [5, 5.41) is 3.33. The number of carbonyl (C=O) groups is 2. The zero-order chi connectivity index (χ0) is 18.9. The normalized spacial score (nSPS) is 15.2. The van der Waals surface area contributed by atoms with E-state index in [-0.39, 0.29) is 24.8 Å². The van der Waals surface area contributed by atoms with Crippen LogP contribution in [0.4, 0.5) is 11.4 Å². The molecule has 26 heavy (non-hydrogen) atoms. The summed E-state index contributed by atoms with van der Waals surface area (Å²) in [6.07, 6.45) is 0.157. The van der Waals surface area contributed by atoms with E-state index in [1.54, 1.807) is 49.1 Å². The first-order chi connectivity index (χ1) is 12.3. The van der Waals surface area contributed by atoms with Gasteiger partial charge in [-0.05, 0) is 56.3 Å². The number of anilines is 2. The Balaban J connectivity index is 1.73. The Morgan fingerprint density at radius 1 is 1.23 bits per heavy atom. The lowest BCUT2D eigenvalue weighted by Crippen LogP contribution is -2.53. The first kappa shape index (κ1) is 18.7. The van der Waals surface area contributed by atoms with Gasteiger partial charge in [-0.1, -0.05) is 27.5 Å². The summed E-state index contributed by atoms with van der Waals surface area (Å²) >= 11 is 9.42. The van der Waals surface area contributed by atoms with Crippen molar-refractivity contribution in [3.63, 3.8) is 0 Å². The molecule has 0 spiro atoms. The van der Waals surface area contributed by atoms with Crippen LogP contribution >= 0.6 is 27.5 Å². The third-order valence-corrected chi connectivity index (χ3v) is 4.79. The molecule has 0 atom stereocenters. The second-order valence-electron chi connectivity index (χ2n) is 6.49. The maximum absolute atomic E-state index is 12.8. The molecular formula is C19H18BrClN2O3. The second-order valence-corrected chi connectivity index (χ2v) is 7.84. The Labute approximate surface area is 165 Å². The van der Waals surface area contributed by atoms with E-state index < -0.39 is 5.60 Å². The van der Waals surface area contributed by atoms with Crippen molar-refractivity contribution in [2.24, 2.45) is 0 Å². The average molecular weight is 438 g/mol. The Bertz CT molecular complexity index is 852. The van der Waals surface area contributed by atoms with Gasteiger partial charge in [0.05, 0.1) is 5.69 Å². The number of ether oxygens (including phenoxy) is 1. The maximum atomic E-state index is 12.8. The van der Waals surface area contributed by atoms with Gasteiger partial charge in [-0.3, -0.25) is 9.59 Å². The number of hydrogen-bond acceptors (Lipinski definition) is 3. The number of fused-ring (bicyclic) bond motifs is 1. The Morgan fingerprint density at radius 2 is 1.92 bits per heavy atom. The van der Waals surface area contributed by atoms with E-state index in [1.807, 2.05) is 12.1 Å². The molecule has 7 heteroatoms. The van der Waals surface area contributed by atoms with Crippen molar-refractivity contribution in [1.29, 1.82) is 0 Å². The lowest BCUT2D eigenvalue weighted by molar-refractivity contribution is -0.132. The molecule has 0 unspecified atom stereocenters. The van der Waals surface area contributed by atoms with Crippen molar-refractivity contribution in [2.75, 3.05) is 16.8 Å². The highest BCUT2D eigenvalue weighted by Crippen LogP contribution is 2.39. The number of carbonyl (C=O) groups excluding carboxylic acids is 2. The molecule has 1 N–H and O–H groups in total. The molecule has 0 aliphatic carbocycles. The van der Waals surface area contributed by atoms with Crippen molar-refractivity contribution in [1.82, 2.24) is 0 Å². The highest BCUT2D eigenvalue weighted by Gasteiger charge is 2.40. The van der Waals surface area contributed by atoms with E-state index >= 15 is 0 Å². The largest absolute Gasteiger partial charge is 0.476 e. The minimum atomic E-state index is -0.997. The summed E-state index contributed by atoms with van der Waals surface area (Å²) in [5.41, 5.74) is 0.289. The van der Waals surface area contributed by atoms with Crippen molar-refractivity contribution in [2.45, 2.75) is 25.9 Å². The minimum Gasteiger partial charge on any atom is -0.476 e. The van der Waals surface area contributed by atoms with Gasteiger partial charge in [-0.2, -0.15) is 0 Å². The number of nitrogens with zero attached hydrogens (tertiary/aromatic N) is 1. The van der Waals surface area contributed by atoms with E-state index in [2.05, 4.69) is 21.2 Å². The van der Waals surface area contributed by atoms with Crippen LogP contribution in [0.3, 0.4) is 0 Å². The number of nitrogens with one attached hydrogen (secondary N) is 1. The molecule has 5 nitrogen and oxygen atoms in total. The van der Waals surface area contributed by atoms with Gasteiger partial charge in [0.25, 0.3) is 5.91 Å². The first-order valence-electron chi connectivity index (χ1n) is 8.12. The molecule has 0 fully saturated rings. The number of halogens is 2. The molecule has 2 aromatic rings. The molecule has 0 bridgehead atoms. The van der Waals surface area contributed by atoms with Gasteiger partial charge in [-0.25, -0.2) is 0 Å². The minimum absolute atomic E-state index is 0.157. The van der Waals surface area contributed by atoms with Crippen LogP contribution in [0.15, 0.2) is 46.9 Å². The molecule has 136 valence electrons. The molecule has 1 heterocycles. The van der Waals surface area contributed by atoms with Crippen LogP contribution in [-0.4, -0.2) is 24.0 Å². The molecule has 3 rings (SSSR count). The van der Waals surface area contributed by atoms with E-state index in [4.69, 9.17) is 16.3 Å². The van der Waals surface area contributed by atoms with Crippen LogP contribution in [0.25, 0.3) is 0 Å². The van der Waals surface area contributed by atoms with Crippen LogP contribution < -0.4 is 15.0 Å². The van der Waals surface area contributed by atoms with Gasteiger partial charge in [0.15, 0.2) is 5.60 Å². The summed E-state index contributed by atoms with van der Waals surface area (Å²) in [6.45, 7) is 3.66. The van der Waals surface area contributed by atoms with Gasteiger partial charge in [0.1, 0.15) is 5.75 Å². The van der Waals surface area contributed by atoms with Gasteiger partial charge < -0.3 is 15.0 Å². The zero-order valence-electron chi connectivity index (χ0n) is 14.4. The van der Waals surface area contributed by atoms with E-state index in [0.717, 1.165) is 4.47 Å². The molecule has 0 aromatic heterocycles. The van der Waals surface area contributed by atoms with Gasteiger partial charge in [0.2, 0.25) is 5.91 Å². The SMILES string of the molecule is CC1(C)Oc2ccc(Cl)cc2N(CCC(=O)Nc2ccc(Br)cc2)C1=O. The predicted octanol–water partition coefficient (Wildman–Crippen LogP) is 4.64.